The zero-order valence-corrected chi connectivity index (χ0v) is 10.7. The number of aliphatic hydroxyl groups excluding tert-OH is 1. The van der Waals surface area contributed by atoms with Gasteiger partial charge in [-0.1, -0.05) is 30.3 Å². The molecule has 0 saturated carbocycles. The van der Waals surface area contributed by atoms with E-state index < -0.39 is 12.1 Å². The van der Waals surface area contributed by atoms with Crippen molar-refractivity contribution >= 4 is 11.7 Å². The Balaban J connectivity index is 1.82. The Morgan fingerprint density at radius 3 is 2.40 bits per heavy atom. The third-order valence-electron chi connectivity index (χ3n) is 2.74. The lowest BCUT2D eigenvalue weighted by Gasteiger charge is -2.12. The van der Waals surface area contributed by atoms with Crippen LogP contribution < -0.4 is 10.6 Å². The van der Waals surface area contributed by atoms with Crippen LogP contribution >= 0.6 is 0 Å². The largest absolute Gasteiger partial charge is 0.387 e. The molecule has 2 aromatic rings. The smallest absolute Gasteiger partial charge is 0.319 e. The summed E-state index contributed by atoms with van der Waals surface area (Å²) in [5, 5.41) is 15.0. The van der Waals surface area contributed by atoms with Crippen LogP contribution in [0.25, 0.3) is 0 Å². The Morgan fingerprint density at radius 2 is 1.75 bits per heavy atom. The van der Waals surface area contributed by atoms with Gasteiger partial charge in [0.25, 0.3) is 0 Å². The number of halogens is 1. The van der Waals surface area contributed by atoms with Gasteiger partial charge < -0.3 is 15.7 Å². The molecule has 0 radical (unpaired) electrons. The van der Waals surface area contributed by atoms with E-state index in [1.165, 1.54) is 24.3 Å². The van der Waals surface area contributed by atoms with Gasteiger partial charge in [0.2, 0.25) is 0 Å². The Hall–Kier alpha value is -2.40. The van der Waals surface area contributed by atoms with E-state index in [4.69, 9.17) is 0 Å². The topological polar surface area (TPSA) is 61.4 Å². The zero-order valence-electron chi connectivity index (χ0n) is 10.7. The van der Waals surface area contributed by atoms with Crippen molar-refractivity contribution in [1.82, 2.24) is 5.32 Å². The Morgan fingerprint density at radius 1 is 1.10 bits per heavy atom. The number of urea groups is 1. The second kappa shape index (κ2) is 6.68. The summed E-state index contributed by atoms with van der Waals surface area (Å²) in [5.74, 6) is -0.365. The molecule has 3 N–H and O–H groups in total. The molecule has 0 aliphatic carbocycles. The molecule has 0 heterocycles. The van der Waals surface area contributed by atoms with Crippen LogP contribution in [0.1, 0.15) is 11.7 Å². The summed E-state index contributed by atoms with van der Waals surface area (Å²) in [6, 6.07) is 14.0. The van der Waals surface area contributed by atoms with Crippen molar-refractivity contribution in [2.75, 3.05) is 11.9 Å². The first-order valence-electron chi connectivity index (χ1n) is 6.18. The minimum Gasteiger partial charge on any atom is -0.387 e. The van der Waals surface area contributed by atoms with Gasteiger partial charge in [0.05, 0.1) is 6.10 Å². The molecular formula is C15H15FN2O2. The summed E-state index contributed by atoms with van der Waals surface area (Å²) >= 11 is 0. The maximum Gasteiger partial charge on any atom is 0.319 e. The summed E-state index contributed by atoms with van der Waals surface area (Å²) in [5.41, 5.74) is 1.22. The second-order valence-electron chi connectivity index (χ2n) is 4.27. The average Bonchev–Trinajstić information content (AvgIpc) is 2.48. The number of hydrogen-bond acceptors (Lipinski definition) is 2. The molecule has 20 heavy (non-hydrogen) atoms. The van der Waals surface area contributed by atoms with Crippen molar-refractivity contribution in [3.63, 3.8) is 0 Å². The molecule has 0 spiro atoms. The SMILES string of the molecule is O=C(NC[C@@H](O)c1ccccc1)Nc1ccc(F)cc1. The fourth-order valence-corrected chi connectivity index (χ4v) is 1.69. The van der Waals surface area contributed by atoms with E-state index in [0.29, 0.717) is 5.69 Å². The number of amides is 2. The highest BCUT2D eigenvalue weighted by Crippen LogP contribution is 2.11. The van der Waals surface area contributed by atoms with Crippen LogP contribution in [0.5, 0.6) is 0 Å². The molecular weight excluding hydrogens is 259 g/mol. The molecule has 0 unspecified atom stereocenters. The molecule has 0 bridgehead atoms. The van der Waals surface area contributed by atoms with Crippen molar-refractivity contribution < 1.29 is 14.3 Å². The zero-order chi connectivity index (χ0) is 14.4. The predicted molar refractivity (Wildman–Crippen MR) is 74.8 cm³/mol. The summed E-state index contributed by atoms with van der Waals surface area (Å²) in [7, 11) is 0. The van der Waals surface area contributed by atoms with Gasteiger partial charge in [0, 0.05) is 12.2 Å². The number of anilines is 1. The van der Waals surface area contributed by atoms with Crippen LogP contribution in [0.4, 0.5) is 14.9 Å². The Kier molecular flexibility index (Phi) is 4.68. The van der Waals surface area contributed by atoms with Gasteiger partial charge >= 0.3 is 6.03 Å². The quantitative estimate of drug-likeness (QED) is 0.802. The van der Waals surface area contributed by atoms with E-state index in [1.807, 2.05) is 18.2 Å². The average molecular weight is 274 g/mol. The highest BCUT2D eigenvalue weighted by atomic mass is 19.1. The van der Waals surface area contributed by atoms with Crippen LogP contribution in [0, 0.1) is 5.82 Å². The number of hydrogen-bond donors (Lipinski definition) is 3. The van der Waals surface area contributed by atoms with E-state index in [0.717, 1.165) is 5.56 Å². The van der Waals surface area contributed by atoms with Crippen molar-refractivity contribution in [3.05, 3.63) is 66.0 Å². The highest BCUT2D eigenvalue weighted by molar-refractivity contribution is 5.89. The first kappa shape index (κ1) is 14.0. The maximum absolute atomic E-state index is 12.7. The van der Waals surface area contributed by atoms with Crippen LogP contribution in [0.2, 0.25) is 0 Å². The van der Waals surface area contributed by atoms with Crippen LogP contribution in [-0.2, 0) is 0 Å². The van der Waals surface area contributed by atoms with Gasteiger partial charge in [-0.2, -0.15) is 0 Å². The molecule has 5 heteroatoms. The minimum atomic E-state index is -0.768. The second-order valence-corrected chi connectivity index (χ2v) is 4.27. The lowest BCUT2D eigenvalue weighted by atomic mass is 10.1. The van der Waals surface area contributed by atoms with Crippen LogP contribution in [0.15, 0.2) is 54.6 Å². The molecule has 2 rings (SSSR count). The summed E-state index contributed by atoms with van der Waals surface area (Å²) in [6.45, 7) is 0.0943. The van der Waals surface area contributed by atoms with Gasteiger partial charge in [-0.3, -0.25) is 0 Å². The molecule has 2 amide bonds. The maximum atomic E-state index is 12.7. The lowest BCUT2D eigenvalue weighted by Crippen LogP contribution is -2.32. The molecule has 0 fully saturated rings. The fraction of sp³-hybridized carbons (Fsp3) is 0.133. The fourth-order valence-electron chi connectivity index (χ4n) is 1.69. The Labute approximate surface area is 116 Å². The molecule has 1 atom stereocenters. The standard InChI is InChI=1S/C15H15FN2O2/c16-12-6-8-13(9-7-12)18-15(20)17-10-14(19)11-4-2-1-3-5-11/h1-9,14,19H,10H2,(H2,17,18,20)/t14-/m1/s1. The van der Waals surface area contributed by atoms with Crippen molar-refractivity contribution in [2.45, 2.75) is 6.10 Å². The first-order chi connectivity index (χ1) is 9.65. The first-order valence-corrected chi connectivity index (χ1v) is 6.18. The molecule has 2 aromatic carbocycles. The summed E-state index contributed by atoms with van der Waals surface area (Å²) < 4.78 is 12.7. The molecule has 0 aromatic heterocycles. The number of rotatable bonds is 4. The molecule has 0 aliphatic heterocycles. The third kappa shape index (κ3) is 4.07. The molecule has 4 nitrogen and oxygen atoms in total. The Bertz CT molecular complexity index is 558. The van der Waals surface area contributed by atoms with Crippen LogP contribution in [0.3, 0.4) is 0 Å². The molecule has 104 valence electrons. The monoisotopic (exact) mass is 274 g/mol. The summed E-state index contributed by atoms with van der Waals surface area (Å²) in [6.07, 6.45) is -0.768. The van der Waals surface area contributed by atoms with Gasteiger partial charge in [0.15, 0.2) is 0 Å². The van der Waals surface area contributed by atoms with Gasteiger partial charge in [0.1, 0.15) is 5.82 Å². The van der Waals surface area contributed by atoms with Gasteiger partial charge in [-0.15, -0.1) is 0 Å². The normalized spacial score (nSPS) is 11.7. The minimum absolute atomic E-state index is 0.0943. The third-order valence-corrected chi connectivity index (χ3v) is 2.74. The highest BCUT2D eigenvalue weighted by Gasteiger charge is 2.08. The molecule has 0 saturated heterocycles. The van der Waals surface area contributed by atoms with Crippen molar-refractivity contribution in [1.29, 1.82) is 0 Å². The van der Waals surface area contributed by atoms with Crippen molar-refractivity contribution in [3.8, 4) is 0 Å². The number of aliphatic hydroxyl groups is 1. The number of carbonyl (C=O) groups excluding carboxylic acids is 1. The summed E-state index contributed by atoms with van der Waals surface area (Å²) in [4.78, 5) is 11.6. The van der Waals surface area contributed by atoms with E-state index >= 15 is 0 Å². The van der Waals surface area contributed by atoms with Gasteiger partial charge in [-0.25, -0.2) is 9.18 Å². The number of nitrogens with one attached hydrogen (secondary N) is 2. The lowest BCUT2D eigenvalue weighted by molar-refractivity contribution is 0.175. The van der Waals surface area contributed by atoms with Crippen molar-refractivity contribution in [2.24, 2.45) is 0 Å². The van der Waals surface area contributed by atoms with E-state index in [-0.39, 0.29) is 12.4 Å². The molecule has 0 aliphatic rings. The van der Waals surface area contributed by atoms with E-state index in [2.05, 4.69) is 10.6 Å². The number of carbonyl (C=O) groups is 1. The van der Waals surface area contributed by atoms with E-state index in [9.17, 15) is 14.3 Å². The van der Waals surface area contributed by atoms with Gasteiger partial charge in [-0.05, 0) is 29.8 Å². The van der Waals surface area contributed by atoms with Crippen LogP contribution in [-0.4, -0.2) is 17.7 Å². The predicted octanol–water partition coefficient (Wildman–Crippen LogP) is 2.68. The number of benzene rings is 2. The van der Waals surface area contributed by atoms with E-state index in [1.54, 1.807) is 12.1 Å².